The Labute approximate surface area is 89.5 Å². The van der Waals surface area contributed by atoms with E-state index < -0.39 is 0 Å². The molecule has 0 aromatic carbocycles. The molecule has 0 saturated heterocycles. The lowest BCUT2D eigenvalue weighted by atomic mass is 9.72. The van der Waals surface area contributed by atoms with Crippen LogP contribution in [0.1, 0.15) is 38.1 Å². The van der Waals surface area contributed by atoms with Gasteiger partial charge in [0.05, 0.1) is 5.54 Å². The van der Waals surface area contributed by atoms with Crippen molar-refractivity contribution in [2.45, 2.75) is 38.6 Å². The molecule has 1 aliphatic rings. The van der Waals surface area contributed by atoms with Gasteiger partial charge in [-0.1, -0.05) is 13.8 Å². The quantitative estimate of drug-likeness (QED) is 0.774. The van der Waals surface area contributed by atoms with Crippen LogP contribution in [-0.4, -0.2) is 4.98 Å². The fourth-order valence-electron chi connectivity index (χ4n) is 2.82. The first kappa shape index (κ1) is 10.1. The van der Waals surface area contributed by atoms with E-state index in [9.17, 15) is 0 Å². The van der Waals surface area contributed by atoms with Crippen molar-refractivity contribution in [3.05, 3.63) is 16.6 Å². The second-order valence-electron chi connectivity index (χ2n) is 4.85. The van der Waals surface area contributed by atoms with Crippen LogP contribution in [0.5, 0.6) is 0 Å². The average molecular weight is 210 g/mol. The highest BCUT2D eigenvalue weighted by atomic mass is 32.1. The molecule has 2 N–H and O–H groups in total. The first-order valence-electron chi connectivity index (χ1n) is 5.29. The number of hydrogen-bond donors (Lipinski definition) is 1. The van der Waals surface area contributed by atoms with E-state index in [0.717, 1.165) is 29.7 Å². The lowest BCUT2D eigenvalue weighted by molar-refractivity contribution is 0.183. The van der Waals surface area contributed by atoms with Gasteiger partial charge in [-0.2, -0.15) is 0 Å². The van der Waals surface area contributed by atoms with E-state index >= 15 is 0 Å². The van der Waals surface area contributed by atoms with Crippen molar-refractivity contribution >= 4 is 11.3 Å². The predicted molar refractivity (Wildman–Crippen MR) is 60.2 cm³/mol. The Morgan fingerprint density at radius 3 is 2.57 bits per heavy atom. The van der Waals surface area contributed by atoms with E-state index in [4.69, 9.17) is 5.73 Å². The summed E-state index contributed by atoms with van der Waals surface area (Å²) >= 11 is 1.70. The molecule has 1 heterocycles. The third-order valence-electron chi connectivity index (χ3n) is 3.09. The van der Waals surface area contributed by atoms with Gasteiger partial charge in [-0.05, 0) is 31.1 Å². The maximum atomic E-state index is 6.45. The number of nitrogens with zero attached hydrogens (tertiary/aromatic N) is 1. The Morgan fingerprint density at radius 2 is 2.07 bits per heavy atom. The Balaban J connectivity index is 2.22. The summed E-state index contributed by atoms with van der Waals surface area (Å²) in [6, 6.07) is 0. The SMILES string of the molecule is CC1CC(C)CC(N)(c2nccs2)C1. The molecule has 78 valence electrons. The Kier molecular flexibility index (Phi) is 2.62. The van der Waals surface area contributed by atoms with Gasteiger partial charge in [0.25, 0.3) is 0 Å². The Morgan fingerprint density at radius 1 is 1.43 bits per heavy atom. The third-order valence-corrected chi connectivity index (χ3v) is 4.08. The number of aromatic nitrogens is 1. The summed E-state index contributed by atoms with van der Waals surface area (Å²) in [6.07, 6.45) is 5.35. The van der Waals surface area contributed by atoms with Crippen molar-refractivity contribution in [1.82, 2.24) is 4.98 Å². The third kappa shape index (κ3) is 1.84. The molecule has 2 atom stereocenters. The van der Waals surface area contributed by atoms with E-state index in [1.165, 1.54) is 6.42 Å². The van der Waals surface area contributed by atoms with Crippen LogP contribution in [0.25, 0.3) is 0 Å². The number of rotatable bonds is 1. The second-order valence-corrected chi connectivity index (χ2v) is 5.74. The van der Waals surface area contributed by atoms with Crippen molar-refractivity contribution in [1.29, 1.82) is 0 Å². The van der Waals surface area contributed by atoms with E-state index in [1.807, 2.05) is 11.6 Å². The molecule has 0 aliphatic heterocycles. The molecule has 1 fully saturated rings. The van der Waals surface area contributed by atoms with Crippen LogP contribution in [0.3, 0.4) is 0 Å². The van der Waals surface area contributed by atoms with Gasteiger partial charge in [-0.15, -0.1) is 11.3 Å². The molecule has 0 spiro atoms. The molecular weight excluding hydrogens is 192 g/mol. The van der Waals surface area contributed by atoms with E-state index in [-0.39, 0.29) is 5.54 Å². The van der Waals surface area contributed by atoms with Crippen LogP contribution < -0.4 is 5.73 Å². The van der Waals surface area contributed by atoms with Crippen molar-refractivity contribution in [3.8, 4) is 0 Å². The standard InChI is InChI=1S/C11H18N2S/c1-8-5-9(2)7-11(12,6-8)10-13-3-4-14-10/h3-4,8-9H,5-7,12H2,1-2H3. The molecule has 3 heteroatoms. The summed E-state index contributed by atoms with van der Waals surface area (Å²) in [5.74, 6) is 1.46. The molecule has 2 unspecified atom stereocenters. The maximum absolute atomic E-state index is 6.45. The van der Waals surface area contributed by atoms with Gasteiger partial charge in [-0.25, -0.2) is 4.98 Å². The minimum atomic E-state index is -0.148. The van der Waals surface area contributed by atoms with Crippen LogP contribution in [0.15, 0.2) is 11.6 Å². The van der Waals surface area contributed by atoms with E-state index in [2.05, 4.69) is 18.8 Å². The lowest BCUT2D eigenvalue weighted by Crippen LogP contribution is -2.43. The summed E-state index contributed by atoms with van der Waals surface area (Å²) in [6.45, 7) is 4.59. The molecule has 2 nitrogen and oxygen atoms in total. The van der Waals surface area contributed by atoms with Crippen molar-refractivity contribution in [2.75, 3.05) is 0 Å². The molecule has 1 aromatic heterocycles. The van der Waals surface area contributed by atoms with Gasteiger partial charge in [0.2, 0.25) is 0 Å². The highest BCUT2D eigenvalue weighted by molar-refractivity contribution is 7.09. The number of nitrogens with two attached hydrogens (primary N) is 1. The molecule has 1 aliphatic carbocycles. The minimum absolute atomic E-state index is 0.148. The van der Waals surface area contributed by atoms with Gasteiger partial charge in [0.15, 0.2) is 0 Å². The van der Waals surface area contributed by atoms with Gasteiger partial charge in [0.1, 0.15) is 5.01 Å². The number of hydrogen-bond acceptors (Lipinski definition) is 3. The summed E-state index contributed by atoms with van der Waals surface area (Å²) in [5.41, 5.74) is 6.31. The minimum Gasteiger partial charge on any atom is -0.319 e. The monoisotopic (exact) mass is 210 g/mol. The van der Waals surface area contributed by atoms with Crippen molar-refractivity contribution in [2.24, 2.45) is 17.6 Å². The first-order chi connectivity index (χ1) is 6.60. The van der Waals surface area contributed by atoms with Gasteiger partial charge in [0, 0.05) is 11.6 Å². The molecular formula is C11H18N2S. The zero-order chi connectivity index (χ0) is 10.2. The fourth-order valence-corrected chi connectivity index (χ4v) is 3.60. The fraction of sp³-hybridized carbons (Fsp3) is 0.727. The van der Waals surface area contributed by atoms with Gasteiger partial charge < -0.3 is 5.73 Å². The van der Waals surface area contributed by atoms with Crippen LogP contribution in [0.4, 0.5) is 0 Å². The Bertz CT molecular complexity index is 284. The smallest absolute Gasteiger partial charge is 0.112 e. The van der Waals surface area contributed by atoms with Crippen LogP contribution in [-0.2, 0) is 5.54 Å². The summed E-state index contributed by atoms with van der Waals surface area (Å²) < 4.78 is 0. The highest BCUT2D eigenvalue weighted by Gasteiger charge is 2.37. The molecule has 0 radical (unpaired) electrons. The molecule has 0 amide bonds. The zero-order valence-corrected chi connectivity index (χ0v) is 9.68. The predicted octanol–water partition coefficient (Wildman–Crippen LogP) is 2.75. The van der Waals surface area contributed by atoms with Crippen LogP contribution in [0, 0.1) is 11.8 Å². The summed E-state index contributed by atoms with van der Waals surface area (Å²) in [7, 11) is 0. The lowest BCUT2D eigenvalue weighted by Gasteiger charge is -2.38. The molecule has 1 saturated carbocycles. The van der Waals surface area contributed by atoms with Crippen LogP contribution in [0.2, 0.25) is 0 Å². The number of thiazole rings is 1. The summed E-state index contributed by atoms with van der Waals surface area (Å²) in [4.78, 5) is 4.37. The largest absolute Gasteiger partial charge is 0.319 e. The molecule has 0 bridgehead atoms. The van der Waals surface area contributed by atoms with Crippen LogP contribution >= 0.6 is 11.3 Å². The maximum Gasteiger partial charge on any atom is 0.112 e. The zero-order valence-electron chi connectivity index (χ0n) is 8.86. The Hall–Kier alpha value is -0.410. The molecule has 14 heavy (non-hydrogen) atoms. The molecule has 2 rings (SSSR count). The second kappa shape index (κ2) is 3.63. The van der Waals surface area contributed by atoms with Crippen molar-refractivity contribution in [3.63, 3.8) is 0 Å². The molecule has 1 aromatic rings. The topological polar surface area (TPSA) is 38.9 Å². The highest BCUT2D eigenvalue weighted by Crippen LogP contribution is 2.41. The van der Waals surface area contributed by atoms with Crippen molar-refractivity contribution < 1.29 is 0 Å². The normalized spacial score (nSPS) is 38.5. The summed E-state index contributed by atoms with van der Waals surface area (Å²) in [5, 5.41) is 3.14. The average Bonchev–Trinajstić information content (AvgIpc) is 2.52. The first-order valence-corrected chi connectivity index (χ1v) is 6.17. The van der Waals surface area contributed by atoms with Gasteiger partial charge >= 0.3 is 0 Å². The van der Waals surface area contributed by atoms with E-state index in [0.29, 0.717) is 0 Å². The van der Waals surface area contributed by atoms with E-state index in [1.54, 1.807) is 11.3 Å². The van der Waals surface area contributed by atoms with Gasteiger partial charge in [-0.3, -0.25) is 0 Å².